The van der Waals surface area contributed by atoms with E-state index in [1.807, 2.05) is 19.1 Å². The Morgan fingerprint density at radius 3 is 2.58 bits per heavy atom. The molecule has 19 heavy (non-hydrogen) atoms. The Morgan fingerprint density at radius 2 is 1.89 bits per heavy atom. The van der Waals surface area contributed by atoms with Crippen molar-refractivity contribution in [3.8, 4) is 0 Å². The number of carbonyl (C=O) groups excluding carboxylic acids is 1. The van der Waals surface area contributed by atoms with E-state index in [1.165, 1.54) is 12.1 Å². The smallest absolute Gasteiger partial charge is 0.167 e. The summed E-state index contributed by atoms with van der Waals surface area (Å²) in [6.45, 7) is 1.93. The van der Waals surface area contributed by atoms with E-state index >= 15 is 0 Å². The molecule has 2 rings (SSSR count). The van der Waals surface area contributed by atoms with Crippen molar-refractivity contribution in [3.05, 3.63) is 67.9 Å². The summed E-state index contributed by atoms with van der Waals surface area (Å²) < 4.78 is 14.8. The number of Topliss-reactive ketones (excluding diaryl/α,β-unsaturated/α-hetero) is 1. The monoisotopic (exact) mass is 384 g/mol. The fraction of sp³-hybridized carbons (Fsp3) is 0.133. The van der Waals surface area contributed by atoms with Crippen molar-refractivity contribution in [1.82, 2.24) is 0 Å². The Kier molecular flexibility index (Phi) is 4.53. The maximum atomic E-state index is 13.2. The van der Waals surface area contributed by atoms with Gasteiger partial charge in [0.15, 0.2) is 5.78 Å². The number of hydrogen-bond acceptors (Lipinski definition) is 1. The molecular formula is C15H11Br2FO. The molecule has 2 aromatic rings. The average molecular weight is 386 g/mol. The number of hydrogen-bond donors (Lipinski definition) is 0. The van der Waals surface area contributed by atoms with Crippen LogP contribution in [-0.2, 0) is 6.42 Å². The van der Waals surface area contributed by atoms with E-state index in [4.69, 9.17) is 0 Å². The van der Waals surface area contributed by atoms with Crippen LogP contribution in [0.1, 0.15) is 21.5 Å². The number of aryl methyl sites for hydroxylation is 1. The first kappa shape index (κ1) is 14.4. The zero-order chi connectivity index (χ0) is 14.0. The molecule has 0 aliphatic rings. The van der Waals surface area contributed by atoms with Gasteiger partial charge in [-0.3, -0.25) is 4.79 Å². The topological polar surface area (TPSA) is 17.1 Å². The van der Waals surface area contributed by atoms with Gasteiger partial charge in [0.1, 0.15) is 5.82 Å². The lowest BCUT2D eigenvalue weighted by Gasteiger charge is -2.06. The second kappa shape index (κ2) is 5.97. The minimum Gasteiger partial charge on any atom is -0.294 e. The first-order valence-corrected chi connectivity index (χ1v) is 7.28. The molecule has 0 fully saturated rings. The van der Waals surface area contributed by atoms with Crippen molar-refractivity contribution in [3.63, 3.8) is 0 Å². The van der Waals surface area contributed by atoms with Gasteiger partial charge in [-0.05, 0) is 54.4 Å². The molecule has 1 nitrogen and oxygen atoms in total. The Bertz CT molecular complexity index is 618. The standard InChI is InChI=1S/C15H11Br2FO/c1-9-4-11(6-12(16)5-9)15(19)8-10-7-13(18)2-3-14(10)17/h2-7H,8H2,1H3. The van der Waals surface area contributed by atoms with Gasteiger partial charge < -0.3 is 0 Å². The van der Waals surface area contributed by atoms with Crippen LogP contribution in [0.2, 0.25) is 0 Å². The lowest BCUT2D eigenvalue weighted by Crippen LogP contribution is -2.05. The lowest BCUT2D eigenvalue weighted by molar-refractivity contribution is 0.0992. The van der Waals surface area contributed by atoms with E-state index in [0.717, 1.165) is 14.5 Å². The largest absolute Gasteiger partial charge is 0.294 e. The maximum Gasteiger partial charge on any atom is 0.167 e. The van der Waals surface area contributed by atoms with Gasteiger partial charge in [0.05, 0.1) is 0 Å². The SMILES string of the molecule is Cc1cc(Br)cc(C(=O)Cc2cc(F)ccc2Br)c1. The van der Waals surface area contributed by atoms with Gasteiger partial charge in [-0.2, -0.15) is 0 Å². The summed E-state index contributed by atoms with van der Waals surface area (Å²) in [4.78, 5) is 12.2. The van der Waals surface area contributed by atoms with E-state index in [0.29, 0.717) is 11.1 Å². The van der Waals surface area contributed by atoms with Gasteiger partial charge in [-0.1, -0.05) is 31.9 Å². The Morgan fingerprint density at radius 1 is 1.16 bits per heavy atom. The maximum absolute atomic E-state index is 13.2. The van der Waals surface area contributed by atoms with Gasteiger partial charge in [-0.25, -0.2) is 4.39 Å². The molecule has 0 spiro atoms. The van der Waals surface area contributed by atoms with Crippen LogP contribution >= 0.6 is 31.9 Å². The molecular weight excluding hydrogens is 375 g/mol. The molecule has 98 valence electrons. The van der Waals surface area contributed by atoms with Crippen molar-refractivity contribution >= 4 is 37.6 Å². The fourth-order valence-corrected chi connectivity index (χ4v) is 2.85. The van der Waals surface area contributed by atoms with Crippen molar-refractivity contribution in [2.45, 2.75) is 13.3 Å². The minimum atomic E-state index is -0.337. The molecule has 0 unspecified atom stereocenters. The van der Waals surface area contributed by atoms with Crippen LogP contribution in [0.5, 0.6) is 0 Å². The summed E-state index contributed by atoms with van der Waals surface area (Å²) in [5.74, 6) is -0.368. The second-order valence-corrected chi connectivity index (χ2v) is 6.12. The Hall–Kier alpha value is -1.000. The van der Waals surface area contributed by atoms with Crippen LogP contribution in [0.25, 0.3) is 0 Å². The molecule has 0 saturated carbocycles. The molecule has 0 N–H and O–H groups in total. The van der Waals surface area contributed by atoms with Crippen molar-refractivity contribution < 1.29 is 9.18 Å². The molecule has 2 aromatic carbocycles. The van der Waals surface area contributed by atoms with Crippen LogP contribution < -0.4 is 0 Å². The van der Waals surface area contributed by atoms with Crippen LogP contribution in [-0.4, -0.2) is 5.78 Å². The summed E-state index contributed by atoms with van der Waals surface area (Å²) >= 11 is 6.70. The van der Waals surface area contributed by atoms with Crippen molar-refractivity contribution in [1.29, 1.82) is 0 Å². The highest BCUT2D eigenvalue weighted by Crippen LogP contribution is 2.21. The van der Waals surface area contributed by atoms with E-state index in [-0.39, 0.29) is 18.0 Å². The predicted octanol–water partition coefficient (Wildman–Crippen LogP) is 5.08. The number of halogens is 3. The lowest BCUT2D eigenvalue weighted by atomic mass is 10.0. The van der Waals surface area contributed by atoms with Gasteiger partial charge in [0, 0.05) is 20.9 Å². The van der Waals surface area contributed by atoms with E-state index in [2.05, 4.69) is 31.9 Å². The van der Waals surface area contributed by atoms with Gasteiger partial charge in [0.25, 0.3) is 0 Å². The number of ketones is 1. The highest BCUT2D eigenvalue weighted by molar-refractivity contribution is 9.10. The van der Waals surface area contributed by atoms with Gasteiger partial charge >= 0.3 is 0 Å². The minimum absolute atomic E-state index is 0.0318. The highest BCUT2D eigenvalue weighted by Gasteiger charge is 2.11. The molecule has 4 heteroatoms. The highest BCUT2D eigenvalue weighted by atomic mass is 79.9. The molecule has 0 aliphatic carbocycles. The number of rotatable bonds is 3. The molecule has 0 bridgehead atoms. The zero-order valence-corrected chi connectivity index (χ0v) is 13.4. The number of carbonyl (C=O) groups is 1. The summed E-state index contributed by atoms with van der Waals surface area (Å²) in [5.41, 5.74) is 2.29. The van der Waals surface area contributed by atoms with E-state index in [1.54, 1.807) is 12.1 Å². The van der Waals surface area contributed by atoms with Crippen LogP contribution in [0.15, 0.2) is 45.3 Å². The fourth-order valence-electron chi connectivity index (χ4n) is 1.85. The van der Waals surface area contributed by atoms with Gasteiger partial charge in [-0.15, -0.1) is 0 Å². The molecule has 0 radical (unpaired) electrons. The quantitative estimate of drug-likeness (QED) is 0.673. The summed E-state index contributed by atoms with van der Waals surface area (Å²) in [6.07, 6.45) is 0.175. The normalized spacial score (nSPS) is 10.5. The van der Waals surface area contributed by atoms with Crippen molar-refractivity contribution in [2.24, 2.45) is 0 Å². The molecule has 0 amide bonds. The summed E-state index contributed by atoms with van der Waals surface area (Å²) in [6, 6.07) is 9.91. The molecule has 0 atom stereocenters. The second-order valence-electron chi connectivity index (χ2n) is 4.35. The Balaban J connectivity index is 2.28. The third-order valence-electron chi connectivity index (χ3n) is 2.72. The van der Waals surface area contributed by atoms with Crippen LogP contribution in [0.3, 0.4) is 0 Å². The third kappa shape index (κ3) is 3.74. The summed E-state index contributed by atoms with van der Waals surface area (Å²) in [7, 11) is 0. The Labute approximate surface area is 128 Å². The first-order chi connectivity index (χ1) is 8.95. The van der Waals surface area contributed by atoms with E-state index < -0.39 is 0 Å². The van der Waals surface area contributed by atoms with Crippen molar-refractivity contribution in [2.75, 3.05) is 0 Å². The molecule has 0 heterocycles. The average Bonchev–Trinajstić information content (AvgIpc) is 2.32. The zero-order valence-electron chi connectivity index (χ0n) is 10.2. The molecule has 0 aliphatic heterocycles. The summed E-state index contributed by atoms with van der Waals surface area (Å²) in [5, 5.41) is 0. The molecule has 0 aromatic heterocycles. The third-order valence-corrected chi connectivity index (χ3v) is 3.95. The van der Waals surface area contributed by atoms with Gasteiger partial charge in [0.2, 0.25) is 0 Å². The number of benzene rings is 2. The predicted molar refractivity (Wildman–Crippen MR) is 81.0 cm³/mol. The van der Waals surface area contributed by atoms with E-state index in [9.17, 15) is 9.18 Å². The molecule has 0 saturated heterocycles. The first-order valence-electron chi connectivity index (χ1n) is 5.70. The van der Waals surface area contributed by atoms with Crippen LogP contribution in [0, 0.1) is 12.7 Å². The van der Waals surface area contributed by atoms with Crippen LogP contribution in [0.4, 0.5) is 4.39 Å².